The van der Waals surface area contributed by atoms with Gasteiger partial charge in [-0.3, -0.25) is 9.59 Å². The minimum Gasteiger partial charge on any atom is -0.484 e. The summed E-state index contributed by atoms with van der Waals surface area (Å²) in [5.74, 6) is -0.336. The van der Waals surface area contributed by atoms with E-state index in [1.165, 1.54) is 29.8 Å². The van der Waals surface area contributed by atoms with Crippen LogP contribution in [0.4, 0.5) is 4.39 Å². The Bertz CT molecular complexity index is 996. The topological polar surface area (TPSA) is 55.4 Å². The number of ketones is 1. The Morgan fingerprint density at radius 2 is 1.47 bits per heavy atom. The lowest BCUT2D eigenvalue weighted by molar-refractivity contribution is -0.123. The maximum Gasteiger partial charge on any atom is 0.258 e. The average Bonchev–Trinajstić information content (AvgIpc) is 2.78. The predicted molar refractivity (Wildman–Crippen MR) is 114 cm³/mol. The van der Waals surface area contributed by atoms with Gasteiger partial charge in [-0.2, -0.15) is 0 Å². The summed E-state index contributed by atoms with van der Waals surface area (Å²) in [4.78, 5) is 24.6. The first kappa shape index (κ1) is 21.2. The van der Waals surface area contributed by atoms with Gasteiger partial charge in [-0.15, -0.1) is 0 Å². The van der Waals surface area contributed by atoms with Crippen molar-refractivity contribution in [1.29, 1.82) is 0 Å². The third-order valence-corrected chi connectivity index (χ3v) is 4.86. The Morgan fingerprint density at radius 3 is 2.03 bits per heavy atom. The summed E-state index contributed by atoms with van der Waals surface area (Å²) in [5, 5.41) is 2.91. The Balaban J connectivity index is 1.52. The van der Waals surface area contributed by atoms with Crippen LogP contribution in [0.1, 0.15) is 46.9 Å². The highest BCUT2D eigenvalue weighted by Crippen LogP contribution is 2.17. The van der Waals surface area contributed by atoms with Crippen LogP contribution in [0.5, 0.6) is 5.75 Å². The van der Waals surface area contributed by atoms with Crippen molar-refractivity contribution >= 4 is 11.7 Å². The average molecular weight is 405 g/mol. The third kappa shape index (κ3) is 5.54. The van der Waals surface area contributed by atoms with Crippen LogP contribution in [0, 0.1) is 5.82 Å². The molecule has 0 saturated heterocycles. The van der Waals surface area contributed by atoms with E-state index in [2.05, 4.69) is 24.4 Å². The van der Waals surface area contributed by atoms with Crippen LogP contribution in [0.2, 0.25) is 0 Å². The summed E-state index contributed by atoms with van der Waals surface area (Å²) in [6.45, 7) is 3.90. The van der Waals surface area contributed by atoms with Gasteiger partial charge in [0.25, 0.3) is 5.91 Å². The molecular weight excluding hydrogens is 381 g/mol. The fourth-order valence-electron chi connectivity index (χ4n) is 3.03. The molecule has 1 unspecified atom stereocenters. The summed E-state index contributed by atoms with van der Waals surface area (Å²) >= 11 is 0. The molecule has 4 nitrogen and oxygen atoms in total. The molecule has 0 aliphatic rings. The van der Waals surface area contributed by atoms with Gasteiger partial charge in [0, 0.05) is 11.1 Å². The molecule has 154 valence electrons. The molecular formula is C25H24FNO3. The SMILES string of the molecule is CCc1ccc(C(C)NC(=O)COc2ccc(C(=O)c3ccc(F)cc3)cc2)cc1. The summed E-state index contributed by atoms with van der Waals surface area (Å²) in [5.41, 5.74) is 3.15. The quantitative estimate of drug-likeness (QED) is 0.544. The summed E-state index contributed by atoms with van der Waals surface area (Å²) in [6, 6.07) is 19.9. The van der Waals surface area contributed by atoms with Gasteiger partial charge in [-0.25, -0.2) is 4.39 Å². The van der Waals surface area contributed by atoms with Gasteiger partial charge in [0.15, 0.2) is 12.4 Å². The number of carbonyl (C=O) groups is 2. The maximum absolute atomic E-state index is 13.0. The number of nitrogens with one attached hydrogen (secondary N) is 1. The van der Waals surface area contributed by atoms with Gasteiger partial charge >= 0.3 is 0 Å². The van der Waals surface area contributed by atoms with Crippen LogP contribution in [0.3, 0.4) is 0 Å². The first-order valence-corrected chi connectivity index (χ1v) is 9.87. The molecule has 30 heavy (non-hydrogen) atoms. The zero-order valence-electron chi connectivity index (χ0n) is 17.0. The summed E-state index contributed by atoms with van der Waals surface area (Å²) < 4.78 is 18.5. The molecule has 0 saturated carbocycles. The van der Waals surface area contributed by atoms with Crippen molar-refractivity contribution in [3.63, 3.8) is 0 Å². The highest BCUT2D eigenvalue weighted by Gasteiger charge is 2.12. The molecule has 1 atom stereocenters. The molecule has 0 aliphatic carbocycles. The van der Waals surface area contributed by atoms with E-state index >= 15 is 0 Å². The van der Waals surface area contributed by atoms with E-state index in [4.69, 9.17) is 4.74 Å². The standard InChI is InChI=1S/C25H24FNO3/c1-3-18-4-6-19(7-5-18)17(2)27-24(28)16-30-23-14-10-21(11-15-23)25(29)20-8-12-22(26)13-9-20/h4-15,17H,3,16H2,1-2H3,(H,27,28). The molecule has 3 aromatic carbocycles. The summed E-state index contributed by atoms with van der Waals surface area (Å²) in [6.07, 6.45) is 0.975. The maximum atomic E-state index is 13.0. The molecule has 0 aliphatic heterocycles. The van der Waals surface area contributed by atoms with Gasteiger partial charge in [-0.05, 0) is 73.0 Å². The van der Waals surface area contributed by atoms with Crippen LogP contribution in [-0.4, -0.2) is 18.3 Å². The lowest BCUT2D eigenvalue weighted by atomic mass is 10.0. The second kappa shape index (κ2) is 9.83. The molecule has 0 aromatic heterocycles. The van der Waals surface area contributed by atoms with Crippen LogP contribution in [0.15, 0.2) is 72.8 Å². The third-order valence-electron chi connectivity index (χ3n) is 4.86. The van der Waals surface area contributed by atoms with Crippen molar-refractivity contribution in [2.24, 2.45) is 0 Å². The van der Waals surface area contributed by atoms with Crippen molar-refractivity contribution in [2.45, 2.75) is 26.3 Å². The predicted octanol–water partition coefficient (Wildman–Crippen LogP) is 4.88. The van der Waals surface area contributed by atoms with E-state index < -0.39 is 0 Å². The lowest BCUT2D eigenvalue weighted by Crippen LogP contribution is -2.31. The Labute approximate surface area is 175 Å². The van der Waals surface area contributed by atoms with Crippen LogP contribution in [0.25, 0.3) is 0 Å². The first-order chi connectivity index (χ1) is 14.5. The Kier molecular flexibility index (Phi) is 6.96. The number of benzene rings is 3. The van der Waals surface area contributed by atoms with Crippen molar-refractivity contribution in [1.82, 2.24) is 5.32 Å². The molecule has 0 spiro atoms. The number of halogens is 1. The van der Waals surface area contributed by atoms with Crippen molar-refractivity contribution in [3.8, 4) is 5.75 Å². The van der Waals surface area contributed by atoms with Crippen LogP contribution in [-0.2, 0) is 11.2 Å². The number of rotatable bonds is 8. The molecule has 0 fully saturated rings. The fourth-order valence-corrected chi connectivity index (χ4v) is 3.03. The molecule has 0 bridgehead atoms. The zero-order valence-corrected chi connectivity index (χ0v) is 17.0. The smallest absolute Gasteiger partial charge is 0.258 e. The van der Waals surface area contributed by atoms with Gasteiger partial charge in [0.05, 0.1) is 6.04 Å². The van der Waals surface area contributed by atoms with E-state index in [9.17, 15) is 14.0 Å². The Hall–Kier alpha value is -3.47. The van der Waals surface area contributed by atoms with Gasteiger partial charge in [0.1, 0.15) is 11.6 Å². The van der Waals surface area contributed by atoms with E-state index in [-0.39, 0.29) is 30.2 Å². The van der Waals surface area contributed by atoms with Crippen molar-refractivity contribution in [2.75, 3.05) is 6.61 Å². The highest BCUT2D eigenvalue weighted by atomic mass is 19.1. The van der Waals surface area contributed by atoms with Gasteiger partial charge in [-0.1, -0.05) is 31.2 Å². The van der Waals surface area contributed by atoms with E-state index in [1.807, 2.05) is 19.1 Å². The molecule has 1 amide bonds. The number of hydrogen-bond acceptors (Lipinski definition) is 3. The molecule has 5 heteroatoms. The number of hydrogen-bond donors (Lipinski definition) is 1. The monoisotopic (exact) mass is 405 g/mol. The van der Waals surface area contributed by atoms with Gasteiger partial charge < -0.3 is 10.1 Å². The van der Waals surface area contributed by atoms with Crippen molar-refractivity contribution < 1.29 is 18.7 Å². The normalized spacial score (nSPS) is 11.6. The number of carbonyl (C=O) groups excluding carboxylic acids is 2. The minimum atomic E-state index is -0.388. The zero-order chi connectivity index (χ0) is 21.5. The van der Waals surface area contributed by atoms with E-state index in [0.717, 1.165) is 12.0 Å². The van der Waals surface area contributed by atoms with E-state index in [0.29, 0.717) is 16.9 Å². The molecule has 0 radical (unpaired) electrons. The van der Waals surface area contributed by atoms with Crippen LogP contribution >= 0.6 is 0 Å². The molecule has 3 aromatic rings. The lowest BCUT2D eigenvalue weighted by Gasteiger charge is -2.15. The highest BCUT2D eigenvalue weighted by molar-refractivity contribution is 6.09. The number of aryl methyl sites for hydroxylation is 1. The number of amides is 1. The largest absolute Gasteiger partial charge is 0.484 e. The second-order valence-corrected chi connectivity index (χ2v) is 7.03. The second-order valence-electron chi connectivity index (χ2n) is 7.03. The Morgan fingerprint density at radius 1 is 0.900 bits per heavy atom. The summed E-state index contributed by atoms with van der Waals surface area (Å²) in [7, 11) is 0. The first-order valence-electron chi connectivity index (χ1n) is 9.87. The minimum absolute atomic E-state index is 0.122. The number of ether oxygens (including phenoxy) is 1. The van der Waals surface area contributed by atoms with Crippen molar-refractivity contribution in [3.05, 3.63) is 101 Å². The van der Waals surface area contributed by atoms with Gasteiger partial charge in [0.2, 0.25) is 0 Å². The molecule has 1 N–H and O–H groups in total. The molecule has 3 rings (SSSR count). The van der Waals surface area contributed by atoms with E-state index in [1.54, 1.807) is 24.3 Å². The molecule has 0 heterocycles. The fraction of sp³-hybridized carbons (Fsp3) is 0.200. The van der Waals surface area contributed by atoms with Crippen LogP contribution < -0.4 is 10.1 Å².